The van der Waals surface area contributed by atoms with Gasteiger partial charge in [-0.25, -0.2) is 0 Å². The molecule has 0 radical (unpaired) electrons. The summed E-state index contributed by atoms with van der Waals surface area (Å²) in [7, 11) is 0. The second-order valence-corrected chi connectivity index (χ2v) is 3.32. The highest BCUT2D eigenvalue weighted by Gasteiger charge is 2.43. The van der Waals surface area contributed by atoms with Gasteiger partial charge in [0.05, 0.1) is 13.2 Å². The van der Waals surface area contributed by atoms with Crippen molar-refractivity contribution in [2.75, 3.05) is 13.2 Å². The van der Waals surface area contributed by atoms with Crippen molar-refractivity contribution in [1.29, 1.82) is 0 Å². The third-order valence-corrected chi connectivity index (χ3v) is 2.17. The fourth-order valence-electron chi connectivity index (χ4n) is 1.37. The Morgan fingerprint density at radius 2 is 1.57 bits per heavy atom. The summed E-state index contributed by atoms with van der Waals surface area (Å²) >= 11 is 0. The SMILES string of the molecule is CCOC(=O)C(C(=O)OCC)C1CC1. The molecule has 14 heavy (non-hydrogen) atoms. The van der Waals surface area contributed by atoms with Gasteiger partial charge in [0.25, 0.3) is 0 Å². The maximum atomic E-state index is 11.4. The lowest BCUT2D eigenvalue weighted by atomic mass is 10.1. The van der Waals surface area contributed by atoms with E-state index >= 15 is 0 Å². The van der Waals surface area contributed by atoms with Gasteiger partial charge in [-0.1, -0.05) is 0 Å². The fourth-order valence-corrected chi connectivity index (χ4v) is 1.37. The quantitative estimate of drug-likeness (QED) is 0.493. The zero-order valence-electron chi connectivity index (χ0n) is 8.62. The minimum absolute atomic E-state index is 0.146. The Hall–Kier alpha value is -1.06. The molecular weight excluding hydrogens is 184 g/mol. The van der Waals surface area contributed by atoms with E-state index in [2.05, 4.69) is 0 Å². The molecule has 0 atom stereocenters. The lowest BCUT2D eigenvalue weighted by Crippen LogP contribution is -2.29. The number of carbonyl (C=O) groups is 2. The van der Waals surface area contributed by atoms with Crippen molar-refractivity contribution in [3.8, 4) is 0 Å². The van der Waals surface area contributed by atoms with E-state index in [0.29, 0.717) is 13.2 Å². The van der Waals surface area contributed by atoms with E-state index in [-0.39, 0.29) is 5.92 Å². The average molecular weight is 200 g/mol. The van der Waals surface area contributed by atoms with Crippen LogP contribution < -0.4 is 0 Å². The first-order valence-electron chi connectivity index (χ1n) is 5.04. The van der Waals surface area contributed by atoms with Gasteiger partial charge in [0.2, 0.25) is 0 Å². The summed E-state index contributed by atoms with van der Waals surface area (Å²) in [6.45, 7) is 4.07. The van der Waals surface area contributed by atoms with Crippen LogP contribution in [0.2, 0.25) is 0 Å². The summed E-state index contributed by atoms with van der Waals surface area (Å²) in [6, 6.07) is 0. The van der Waals surface area contributed by atoms with Crippen LogP contribution in [-0.2, 0) is 19.1 Å². The van der Waals surface area contributed by atoms with Gasteiger partial charge in [0.15, 0.2) is 5.92 Å². The fraction of sp³-hybridized carbons (Fsp3) is 0.800. The van der Waals surface area contributed by atoms with Crippen LogP contribution in [0.25, 0.3) is 0 Å². The highest BCUT2D eigenvalue weighted by atomic mass is 16.6. The predicted molar refractivity (Wildman–Crippen MR) is 49.5 cm³/mol. The van der Waals surface area contributed by atoms with Crippen molar-refractivity contribution in [3.63, 3.8) is 0 Å². The summed E-state index contributed by atoms with van der Waals surface area (Å²) in [5.41, 5.74) is 0. The van der Waals surface area contributed by atoms with Gasteiger partial charge in [0, 0.05) is 0 Å². The van der Waals surface area contributed by atoms with Crippen LogP contribution in [0.3, 0.4) is 0 Å². The van der Waals surface area contributed by atoms with E-state index in [0.717, 1.165) is 12.8 Å². The van der Waals surface area contributed by atoms with E-state index in [9.17, 15) is 9.59 Å². The predicted octanol–water partition coefficient (Wildman–Crippen LogP) is 1.14. The number of ether oxygens (including phenoxy) is 2. The Bertz CT molecular complexity index is 202. The van der Waals surface area contributed by atoms with Gasteiger partial charge >= 0.3 is 11.9 Å². The van der Waals surface area contributed by atoms with Crippen LogP contribution in [0.1, 0.15) is 26.7 Å². The summed E-state index contributed by atoms with van der Waals surface area (Å²) in [4.78, 5) is 22.8. The Morgan fingerprint density at radius 1 is 1.14 bits per heavy atom. The maximum absolute atomic E-state index is 11.4. The largest absolute Gasteiger partial charge is 0.465 e. The number of hydrogen-bond acceptors (Lipinski definition) is 4. The molecule has 0 aromatic carbocycles. The van der Waals surface area contributed by atoms with Gasteiger partial charge in [-0.3, -0.25) is 9.59 Å². The molecule has 0 heterocycles. The Balaban J connectivity index is 2.53. The third kappa shape index (κ3) is 2.72. The molecule has 0 spiro atoms. The van der Waals surface area contributed by atoms with Crippen molar-refractivity contribution in [1.82, 2.24) is 0 Å². The zero-order valence-corrected chi connectivity index (χ0v) is 8.62. The number of hydrogen-bond donors (Lipinski definition) is 0. The van der Waals surface area contributed by atoms with Crippen LogP contribution in [-0.4, -0.2) is 25.2 Å². The van der Waals surface area contributed by atoms with Crippen LogP contribution >= 0.6 is 0 Å². The summed E-state index contributed by atoms with van der Waals surface area (Å²) in [6.07, 6.45) is 1.84. The Labute approximate surface area is 83.6 Å². The summed E-state index contributed by atoms with van der Waals surface area (Å²) in [5, 5.41) is 0. The van der Waals surface area contributed by atoms with Gasteiger partial charge < -0.3 is 9.47 Å². The van der Waals surface area contributed by atoms with Gasteiger partial charge in [0.1, 0.15) is 0 Å². The van der Waals surface area contributed by atoms with E-state index < -0.39 is 17.9 Å². The molecule has 4 nitrogen and oxygen atoms in total. The molecular formula is C10H16O4. The van der Waals surface area contributed by atoms with Crippen LogP contribution in [0.15, 0.2) is 0 Å². The molecule has 1 fully saturated rings. The third-order valence-electron chi connectivity index (χ3n) is 2.17. The molecule has 0 amide bonds. The molecule has 4 heteroatoms. The van der Waals surface area contributed by atoms with Crippen LogP contribution in [0.4, 0.5) is 0 Å². The summed E-state index contributed by atoms with van der Waals surface area (Å²) in [5.74, 6) is -1.41. The molecule has 1 saturated carbocycles. The van der Waals surface area contributed by atoms with Crippen LogP contribution in [0.5, 0.6) is 0 Å². The maximum Gasteiger partial charge on any atom is 0.320 e. The number of rotatable bonds is 5. The first kappa shape index (κ1) is 11.0. The molecule has 0 saturated heterocycles. The van der Waals surface area contributed by atoms with Gasteiger partial charge in [-0.2, -0.15) is 0 Å². The standard InChI is InChI=1S/C10H16O4/c1-3-13-9(11)8(7-5-6-7)10(12)14-4-2/h7-8H,3-6H2,1-2H3. The lowest BCUT2D eigenvalue weighted by Gasteiger charge is -2.12. The smallest absolute Gasteiger partial charge is 0.320 e. The second-order valence-electron chi connectivity index (χ2n) is 3.32. The van der Waals surface area contributed by atoms with E-state index in [4.69, 9.17) is 9.47 Å². The van der Waals surface area contributed by atoms with Crippen molar-refractivity contribution in [2.24, 2.45) is 11.8 Å². The minimum atomic E-state index is -0.685. The van der Waals surface area contributed by atoms with Crippen molar-refractivity contribution in [2.45, 2.75) is 26.7 Å². The number of carbonyl (C=O) groups excluding carboxylic acids is 2. The normalized spacial score (nSPS) is 15.4. The van der Waals surface area contributed by atoms with Crippen molar-refractivity contribution in [3.05, 3.63) is 0 Å². The van der Waals surface area contributed by atoms with Gasteiger partial charge in [-0.05, 0) is 32.6 Å². The first-order valence-corrected chi connectivity index (χ1v) is 5.04. The molecule has 0 N–H and O–H groups in total. The topological polar surface area (TPSA) is 52.6 Å². The van der Waals surface area contributed by atoms with E-state index in [1.165, 1.54) is 0 Å². The highest BCUT2D eigenvalue weighted by molar-refractivity contribution is 5.95. The van der Waals surface area contributed by atoms with Gasteiger partial charge in [-0.15, -0.1) is 0 Å². The molecule has 0 aromatic heterocycles. The molecule has 1 aliphatic carbocycles. The average Bonchev–Trinajstić information content (AvgIpc) is 2.89. The lowest BCUT2D eigenvalue weighted by molar-refractivity contribution is -0.162. The molecule has 1 rings (SSSR count). The van der Waals surface area contributed by atoms with E-state index in [1.54, 1.807) is 13.8 Å². The first-order chi connectivity index (χ1) is 6.70. The molecule has 1 aliphatic rings. The Kier molecular flexibility index (Phi) is 3.92. The van der Waals surface area contributed by atoms with E-state index in [1.807, 2.05) is 0 Å². The highest BCUT2D eigenvalue weighted by Crippen LogP contribution is 2.38. The zero-order chi connectivity index (χ0) is 10.6. The minimum Gasteiger partial charge on any atom is -0.465 e. The molecule has 0 aliphatic heterocycles. The summed E-state index contributed by atoms with van der Waals surface area (Å²) < 4.78 is 9.67. The Morgan fingerprint density at radius 3 is 1.86 bits per heavy atom. The molecule has 0 bridgehead atoms. The second kappa shape index (κ2) is 4.98. The van der Waals surface area contributed by atoms with Crippen molar-refractivity contribution < 1.29 is 19.1 Å². The van der Waals surface area contributed by atoms with Crippen molar-refractivity contribution >= 4 is 11.9 Å². The molecule has 0 unspecified atom stereocenters. The monoisotopic (exact) mass is 200 g/mol. The molecule has 80 valence electrons. The van der Waals surface area contributed by atoms with Crippen LogP contribution in [0, 0.1) is 11.8 Å². The number of esters is 2. The molecule has 0 aromatic rings.